The summed E-state index contributed by atoms with van der Waals surface area (Å²) in [5.41, 5.74) is 2.30. The molecule has 2 heterocycles. The first-order valence-corrected chi connectivity index (χ1v) is 15.3. The molecule has 1 amide bonds. The van der Waals surface area contributed by atoms with E-state index in [1.807, 2.05) is 48.5 Å². The topological polar surface area (TPSA) is 85.8 Å². The predicted molar refractivity (Wildman–Crippen MR) is 157 cm³/mol. The lowest BCUT2D eigenvalue weighted by Crippen LogP contribution is -2.48. The van der Waals surface area contributed by atoms with Crippen LogP contribution >= 0.6 is 22.9 Å². The minimum Gasteiger partial charge on any atom is -0.351 e. The van der Waals surface area contributed by atoms with Crippen molar-refractivity contribution < 1.29 is 13.2 Å². The molecule has 11 heteroatoms. The number of hydrogen-bond donors (Lipinski definition) is 1. The number of rotatable bonds is 9. The highest BCUT2D eigenvalue weighted by Gasteiger charge is 2.22. The second kappa shape index (κ2) is 12.0. The lowest BCUT2D eigenvalue weighted by molar-refractivity contribution is 0.0947. The number of hydrogen-bond acceptors (Lipinski definition) is 7. The van der Waals surface area contributed by atoms with Crippen LogP contribution in [0.1, 0.15) is 15.9 Å². The second-order valence-corrected chi connectivity index (χ2v) is 13.0. The van der Waals surface area contributed by atoms with Gasteiger partial charge in [0.2, 0.25) is 10.0 Å². The normalized spacial score (nSPS) is 14.7. The number of anilines is 1. The maximum atomic E-state index is 12.9. The minimum absolute atomic E-state index is 0.159. The van der Waals surface area contributed by atoms with Crippen LogP contribution in [0.5, 0.6) is 0 Å². The zero-order chi connectivity index (χ0) is 27.4. The van der Waals surface area contributed by atoms with Gasteiger partial charge in [-0.1, -0.05) is 53.3 Å². The van der Waals surface area contributed by atoms with Gasteiger partial charge in [0.15, 0.2) is 5.13 Å². The van der Waals surface area contributed by atoms with Gasteiger partial charge in [-0.25, -0.2) is 13.4 Å². The molecule has 1 saturated heterocycles. The summed E-state index contributed by atoms with van der Waals surface area (Å²) in [5, 5.41) is 4.68. The van der Waals surface area contributed by atoms with E-state index in [2.05, 4.69) is 15.1 Å². The zero-order valence-electron chi connectivity index (χ0n) is 21.6. The molecule has 3 aromatic carbocycles. The molecule has 39 heavy (non-hydrogen) atoms. The molecule has 1 aliphatic rings. The van der Waals surface area contributed by atoms with Gasteiger partial charge in [-0.2, -0.15) is 4.31 Å². The second-order valence-electron chi connectivity index (χ2n) is 9.46. The van der Waals surface area contributed by atoms with Crippen LogP contribution in [-0.2, 0) is 16.6 Å². The van der Waals surface area contributed by atoms with Crippen molar-refractivity contribution in [2.75, 3.05) is 51.2 Å². The number of nitrogens with one attached hydrogen (secondary N) is 1. The Kier molecular flexibility index (Phi) is 8.49. The molecule has 1 aromatic heterocycles. The Hall–Kier alpha value is -3.02. The number of piperazine rings is 1. The maximum absolute atomic E-state index is 12.9. The van der Waals surface area contributed by atoms with Gasteiger partial charge < -0.3 is 10.2 Å². The van der Waals surface area contributed by atoms with E-state index in [1.165, 1.54) is 16.4 Å². The van der Waals surface area contributed by atoms with Crippen LogP contribution in [0.2, 0.25) is 5.02 Å². The van der Waals surface area contributed by atoms with Gasteiger partial charge in [0, 0.05) is 63.4 Å². The van der Waals surface area contributed by atoms with Crippen molar-refractivity contribution >= 4 is 54.2 Å². The van der Waals surface area contributed by atoms with Crippen LogP contribution in [0.4, 0.5) is 5.13 Å². The molecule has 4 aromatic rings. The van der Waals surface area contributed by atoms with Crippen molar-refractivity contribution in [1.29, 1.82) is 0 Å². The van der Waals surface area contributed by atoms with E-state index in [0.717, 1.165) is 58.7 Å². The number of amides is 1. The molecule has 1 fully saturated rings. The fraction of sp³-hybridized carbons (Fsp3) is 0.286. The Morgan fingerprint density at radius 3 is 2.46 bits per heavy atom. The Labute approximate surface area is 237 Å². The lowest BCUT2D eigenvalue weighted by atomic mass is 10.2. The first-order chi connectivity index (χ1) is 18.8. The molecule has 0 aliphatic carbocycles. The summed E-state index contributed by atoms with van der Waals surface area (Å²) in [7, 11) is -2.11. The molecule has 0 saturated carbocycles. The smallest absolute Gasteiger partial charge is 0.251 e. The fourth-order valence-corrected chi connectivity index (χ4v) is 6.95. The zero-order valence-corrected chi connectivity index (χ0v) is 24.0. The summed E-state index contributed by atoms with van der Waals surface area (Å²) in [5.74, 6) is -0.219. The summed E-state index contributed by atoms with van der Waals surface area (Å²) in [6, 6.07) is 21.3. The summed E-state index contributed by atoms with van der Waals surface area (Å²) in [6.07, 6.45) is 0. The van der Waals surface area contributed by atoms with Crippen LogP contribution in [0.15, 0.2) is 77.7 Å². The largest absolute Gasteiger partial charge is 0.351 e. The first-order valence-electron chi connectivity index (χ1n) is 12.7. The van der Waals surface area contributed by atoms with Crippen LogP contribution in [0.25, 0.3) is 10.2 Å². The third-order valence-corrected chi connectivity index (χ3v) is 9.90. The van der Waals surface area contributed by atoms with E-state index in [9.17, 15) is 13.2 Å². The van der Waals surface area contributed by atoms with Crippen molar-refractivity contribution in [2.45, 2.75) is 11.4 Å². The van der Waals surface area contributed by atoms with E-state index in [1.54, 1.807) is 30.5 Å². The number of halogens is 1. The molecule has 0 bridgehead atoms. The number of nitrogens with zero attached hydrogens (tertiary/aromatic N) is 4. The Bertz CT molecular complexity index is 1540. The van der Waals surface area contributed by atoms with Crippen molar-refractivity contribution in [3.05, 3.63) is 88.9 Å². The maximum Gasteiger partial charge on any atom is 0.251 e. The minimum atomic E-state index is -3.66. The number of thiazole rings is 1. The lowest BCUT2D eigenvalue weighted by Gasteiger charge is -2.34. The molecule has 0 radical (unpaired) electrons. The average molecular weight is 584 g/mol. The molecule has 204 valence electrons. The van der Waals surface area contributed by atoms with Crippen molar-refractivity contribution in [3.8, 4) is 0 Å². The summed E-state index contributed by atoms with van der Waals surface area (Å²) >= 11 is 7.76. The van der Waals surface area contributed by atoms with E-state index < -0.39 is 10.0 Å². The van der Waals surface area contributed by atoms with Crippen molar-refractivity contribution in [2.24, 2.45) is 0 Å². The standard InChI is InChI=1S/C28H30ClN5O3S2/c1-32(20-21-5-3-2-4-6-21)39(36,37)24-10-7-22(8-11-24)27(35)30-13-14-33-15-17-34(18-16-33)28-31-25-12-9-23(29)19-26(25)38-28/h2-12,19H,13-18,20H2,1H3,(H,30,35). The monoisotopic (exact) mass is 583 g/mol. The summed E-state index contributed by atoms with van der Waals surface area (Å²) in [4.78, 5) is 22.2. The summed E-state index contributed by atoms with van der Waals surface area (Å²) < 4.78 is 28.3. The molecule has 0 unspecified atom stereocenters. The fourth-order valence-electron chi connectivity index (χ4n) is 4.50. The van der Waals surface area contributed by atoms with Crippen molar-refractivity contribution in [1.82, 2.24) is 19.5 Å². The van der Waals surface area contributed by atoms with Gasteiger partial charge in [0.05, 0.1) is 15.1 Å². The number of sulfonamides is 1. The molecule has 8 nitrogen and oxygen atoms in total. The molecule has 1 aliphatic heterocycles. The molecular weight excluding hydrogens is 554 g/mol. The van der Waals surface area contributed by atoms with Gasteiger partial charge in [-0.3, -0.25) is 9.69 Å². The van der Waals surface area contributed by atoms with Gasteiger partial charge in [0.1, 0.15) is 0 Å². The molecular formula is C28H30ClN5O3S2. The van der Waals surface area contributed by atoms with Gasteiger partial charge in [-0.05, 0) is 48.0 Å². The van der Waals surface area contributed by atoms with Crippen molar-refractivity contribution in [3.63, 3.8) is 0 Å². The van der Waals surface area contributed by atoms with E-state index in [4.69, 9.17) is 16.6 Å². The quantitative estimate of drug-likeness (QED) is 0.316. The number of fused-ring (bicyclic) bond motifs is 1. The van der Waals surface area contributed by atoms with E-state index in [-0.39, 0.29) is 17.3 Å². The van der Waals surface area contributed by atoms with Crippen LogP contribution in [-0.4, -0.2) is 74.8 Å². The molecule has 0 atom stereocenters. The first kappa shape index (κ1) is 27.5. The Morgan fingerprint density at radius 1 is 1.03 bits per heavy atom. The highest BCUT2D eigenvalue weighted by Crippen LogP contribution is 2.31. The highest BCUT2D eigenvalue weighted by atomic mass is 35.5. The number of aromatic nitrogens is 1. The third kappa shape index (κ3) is 6.59. The molecule has 5 rings (SSSR count). The van der Waals surface area contributed by atoms with Crippen LogP contribution < -0.4 is 10.2 Å². The third-order valence-electron chi connectivity index (χ3n) is 6.77. The molecule has 0 spiro atoms. The highest BCUT2D eigenvalue weighted by molar-refractivity contribution is 7.89. The van der Waals surface area contributed by atoms with Gasteiger partial charge in [0.25, 0.3) is 5.91 Å². The number of benzene rings is 3. The van der Waals surface area contributed by atoms with E-state index >= 15 is 0 Å². The molecule has 1 N–H and O–H groups in total. The summed E-state index contributed by atoms with van der Waals surface area (Å²) in [6.45, 7) is 5.04. The Morgan fingerprint density at radius 2 is 1.74 bits per heavy atom. The number of carbonyl (C=O) groups is 1. The SMILES string of the molecule is CN(Cc1ccccc1)S(=O)(=O)c1ccc(C(=O)NCCN2CCN(c3nc4ccc(Cl)cc4s3)CC2)cc1. The predicted octanol–water partition coefficient (Wildman–Crippen LogP) is 4.32. The number of carbonyl (C=O) groups excluding carboxylic acids is 1. The van der Waals surface area contributed by atoms with Crippen LogP contribution in [0, 0.1) is 0 Å². The van der Waals surface area contributed by atoms with Crippen LogP contribution in [0.3, 0.4) is 0 Å². The Balaban J connectivity index is 1.08. The van der Waals surface area contributed by atoms with E-state index in [0.29, 0.717) is 12.1 Å². The van der Waals surface area contributed by atoms with Gasteiger partial charge in [-0.15, -0.1) is 0 Å². The van der Waals surface area contributed by atoms with Gasteiger partial charge >= 0.3 is 0 Å². The average Bonchev–Trinajstić information content (AvgIpc) is 3.37.